The third kappa shape index (κ3) is 3.96. The molecule has 1 heterocycles. The normalized spacial score (nSPS) is 29.6. The second-order valence-corrected chi connectivity index (χ2v) is 5.83. The monoisotopic (exact) mass is 237 g/mol. The van der Waals surface area contributed by atoms with Crippen LogP contribution in [0.15, 0.2) is 0 Å². The Morgan fingerprint density at radius 3 is 2.12 bits per heavy atom. The van der Waals surface area contributed by atoms with Crippen molar-refractivity contribution in [3.8, 4) is 0 Å². The zero-order valence-electron chi connectivity index (χ0n) is 10.3. The van der Waals surface area contributed by atoms with Crippen molar-refractivity contribution in [3.63, 3.8) is 0 Å². The third-order valence-electron chi connectivity index (χ3n) is 3.54. The second kappa shape index (κ2) is 4.94. The van der Waals surface area contributed by atoms with Gasteiger partial charge < -0.3 is 5.32 Å². The van der Waals surface area contributed by atoms with Gasteiger partial charge in [-0.05, 0) is 43.6 Å². The molecule has 1 fully saturated rings. The lowest BCUT2D eigenvalue weighted by atomic mass is 9.74. The topological polar surface area (TPSA) is 12.0 Å². The lowest BCUT2D eigenvalue weighted by molar-refractivity contribution is -0.159. The van der Waals surface area contributed by atoms with Crippen LogP contribution in [-0.2, 0) is 0 Å². The fourth-order valence-corrected chi connectivity index (χ4v) is 2.38. The van der Waals surface area contributed by atoms with Crippen LogP contribution in [0.5, 0.6) is 0 Å². The quantitative estimate of drug-likeness (QED) is 0.676. The molecule has 0 spiro atoms. The number of halogens is 3. The van der Waals surface area contributed by atoms with E-state index in [-0.39, 0.29) is 11.8 Å². The average molecular weight is 237 g/mol. The molecule has 0 radical (unpaired) electrons. The highest BCUT2D eigenvalue weighted by Gasteiger charge is 2.40. The summed E-state index contributed by atoms with van der Waals surface area (Å²) in [7, 11) is 0. The molecule has 0 saturated carbocycles. The van der Waals surface area contributed by atoms with Crippen LogP contribution in [0, 0.1) is 11.3 Å². The molecule has 1 rings (SSSR count). The summed E-state index contributed by atoms with van der Waals surface area (Å²) in [5.41, 5.74) is 0.119. The van der Waals surface area contributed by atoms with Crippen LogP contribution in [0.1, 0.15) is 46.5 Å². The summed E-state index contributed by atoms with van der Waals surface area (Å²) in [5.74, 6) is 0.402. The fourth-order valence-electron chi connectivity index (χ4n) is 2.38. The van der Waals surface area contributed by atoms with Crippen molar-refractivity contribution < 1.29 is 13.2 Å². The zero-order valence-corrected chi connectivity index (χ0v) is 10.3. The molecule has 0 aromatic rings. The molecular formula is C12H22F3N. The van der Waals surface area contributed by atoms with Gasteiger partial charge in [0, 0.05) is 0 Å². The minimum Gasteiger partial charge on any atom is -0.306 e. The van der Waals surface area contributed by atoms with Gasteiger partial charge in [-0.15, -0.1) is 0 Å². The number of nitrogens with one attached hydrogen (secondary N) is 1. The summed E-state index contributed by atoms with van der Waals surface area (Å²) in [5, 5.41) is 2.61. The van der Waals surface area contributed by atoms with E-state index in [0.717, 1.165) is 12.8 Å². The number of rotatable bonds is 0. The molecule has 1 aliphatic rings. The van der Waals surface area contributed by atoms with Crippen molar-refractivity contribution in [2.45, 2.75) is 58.7 Å². The minimum atomic E-state index is -4.10. The van der Waals surface area contributed by atoms with Gasteiger partial charge in [0.25, 0.3) is 0 Å². The molecule has 16 heavy (non-hydrogen) atoms. The van der Waals surface area contributed by atoms with Gasteiger partial charge in [0.2, 0.25) is 0 Å². The molecule has 0 aromatic carbocycles. The predicted molar refractivity (Wildman–Crippen MR) is 59.3 cm³/mol. The van der Waals surface area contributed by atoms with E-state index in [4.69, 9.17) is 0 Å². The number of alkyl halides is 3. The Hall–Kier alpha value is -0.250. The molecule has 1 nitrogen and oxygen atoms in total. The highest BCUT2D eigenvalue weighted by Crippen LogP contribution is 2.36. The van der Waals surface area contributed by atoms with Gasteiger partial charge in [-0.1, -0.05) is 20.8 Å². The van der Waals surface area contributed by atoms with E-state index in [1.165, 1.54) is 0 Å². The van der Waals surface area contributed by atoms with Gasteiger partial charge in [-0.3, -0.25) is 0 Å². The molecule has 4 heteroatoms. The average Bonchev–Trinajstić information content (AvgIpc) is 1.96. The van der Waals surface area contributed by atoms with Crippen molar-refractivity contribution in [3.05, 3.63) is 0 Å². The minimum absolute atomic E-state index is 0.119. The van der Waals surface area contributed by atoms with Crippen LogP contribution in [0.2, 0.25) is 0 Å². The molecular weight excluding hydrogens is 215 g/mol. The molecule has 2 unspecified atom stereocenters. The predicted octanol–water partition coefficient (Wildman–Crippen LogP) is 3.74. The fraction of sp³-hybridized carbons (Fsp3) is 1.00. The van der Waals surface area contributed by atoms with Crippen molar-refractivity contribution in [2.75, 3.05) is 6.54 Å². The van der Waals surface area contributed by atoms with Crippen LogP contribution < -0.4 is 5.32 Å². The molecule has 2 atom stereocenters. The van der Waals surface area contributed by atoms with E-state index in [1.54, 1.807) is 0 Å². The largest absolute Gasteiger partial charge is 0.403 e. The lowest BCUT2D eigenvalue weighted by Crippen LogP contribution is -2.44. The Balaban J connectivity index is 2.60. The summed E-state index contributed by atoms with van der Waals surface area (Å²) < 4.78 is 37.8. The van der Waals surface area contributed by atoms with Gasteiger partial charge in [-0.25, -0.2) is 0 Å². The Kier molecular flexibility index (Phi) is 4.27. The van der Waals surface area contributed by atoms with Crippen LogP contribution >= 0.6 is 0 Å². The number of hydrogen-bond donors (Lipinski definition) is 1. The van der Waals surface area contributed by atoms with Crippen molar-refractivity contribution >= 4 is 0 Å². The van der Waals surface area contributed by atoms with Crippen molar-refractivity contribution in [1.29, 1.82) is 0 Å². The summed E-state index contributed by atoms with van der Waals surface area (Å²) in [6.45, 7) is 6.84. The van der Waals surface area contributed by atoms with E-state index in [2.05, 4.69) is 26.1 Å². The maximum Gasteiger partial charge on any atom is 0.403 e. The highest BCUT2D eigenvalue weighted by molar-refractivity contribution is 4.83. The first-order chi connectivity index (χ1) is 7.21. The SMILES string of the molecule is CC(C)(C)C1CCCNC(C(F)(F)F)CC1. The summed E-state index contributed by atoms with van der Waals surface area (Å²) in [4.78, 5) is 0. The van der Waals surface area contributed by atoms with Gasteiger partial charge >= 0.3 is 6.18 Å². The Morgan fingerprint density at radius 1 is 1.00 bits per heavy atom. The van der Waals surface area contributed by atoms with Crippen LogP contribution in [0.25, 0.3) is 0 Å². The van der Waals surface area contributed by atoms with E-state index >= 15 is 0 Å². The molecule has 1 saturated heterocycles. The Labute approximate surface area is 95.8 Å². The molecule has 0 aromatic heterocycles. The molecule has 0 amide bonds. The Morgan fingerprint density at radius 2 is 1.62 bits per heavy atom. The summed E-state index contributed by atoms with van der Waals surface area (Å²) in [6, 6.07) is -1.31. The van der Waals surface area contributed by atoms with Crippen molar-refractivity contribution in [1.82, 2.24) is 5.32 Å². The lowest BCUT2D eigenvalue weighted by Gasteiger charge is -2.34. The standard InChI is InChI=1S/C12H22F3N/c1-11(2,3)9-5-4-8-16-10(7-6-9)12(13,14)15/h9-10,16H,4-8H2,1-3H3. The first-order valence-electron chi connectivity index (χ1n) is 6.01. The smallest absolute Gasteiger partial charge is 0.306 e. The molecule has 1 N–H and O–H groups in total. The van der Waals surface area contributed by atoms with Crippen molar-refractivity contribution in [2.24, 2.45) is 11.3 Å². The molecule has 96 valence electrons. The van der Waals surface area contributed by atoms with E-state index in [1.807, 2.05) is 0 Å². The molecule has 1 aliphatic heterocycles. The van der Waals surface area contributed by atoms with Crippen LogP contribution in [0.4, 0.5) is 13.2 Å². The summed E-state index contributed by atoms with van der Waals surface area (Å²) in [6.07, 6.45) is -1.35. The maximum atomic E-state index is 12.6. The van der Waals surface area contributed by atoms with E-state index < -0.39 is 12.2 Å². The first-order valence-corrected chi connectivity index (χ1v) is 6.01. The molecule has 0 aliphatic carbocycles. The maximum absolute atomic E-state index is 12.6. The number of hydrogen-bond acceptors (Lipinski definition) is 1. The third-order valence-corrected chi connectivity index (χ3v) is 3.54. The van der Waals surface area contributed by atoms with E-state index in [9.17, 15) is 13.2 Å². The van der Waals surface area contributed by atoms with Crippen LogP contribution in [0.3, 0.4) is 0 Å². The van der Waals surface area contributed by atoms with Gasteiger partial charge in [0.1, 0.15) is 6.04 Å². The highest BCUT2D eigenvalue weighted by atomic mass is 19.4. The second-order valence-electron chi connectivity index (χ2n) is 5.83. The Bertz CT molecular complexity index is 193. The molecule has 0 bridgehead atoms. The van der Waals surface area contributed by atoms with Gasteiger partial charge in [0.05, 0.1) is 0 Å². The van der Waals surface area contributed by atoms with Gasteiger partial charge in [0.15, 0.2) is 0 Å². The van der Waals surface area contributed by atoms with E-state index in [0.29, 0.717) is 18.9 Å². The first kappa shape index (κ1) is 13.8. The van der Waals surface area contributed by atoms with Crippen LogP contribution in [-0.4, -0.2) is 18.8 Å². The van der Waals surface area contributed by atoms with Gasteiger partial charge in [-0.2, -0.15) is 13.2 Å². The summed E-state index contributed by atoms with van der Waals surface area (Å²) >= 11 is 0. The zero-order chi connectivity index (χ0) is 12.4.